The van der Waals surface area contributed by atoms with E-state index in [1.165, 1.54) is 0 Å². The van der Waals surface area contributed by atoms with Gasteiger partial charge in [0.05, 0.1) is 18.7 Å². The minimum atomic E-state index is -2.72. The van der Waals surface area contributed by atoms with Crippen molar-refractivity contribution >= 4 is 11.6 Å². The zero-order valence-electron chi connectivity index (χ0n) is 9.44. The molecule has 1 amide bonds. The lowest BCUT2D eigenvalue weighted by Gasteiger charge is -2.22. The molecule has 0 aromatic heterocycles. The Labute approximate surface area is 102 Å². The van der Waals surface area contributed by atoms with Crippen molar-refractivity contribution in [3.63, 3.8) is 0 Å². The molecule has 0 saturated heterocycles. The molecule has 1 rings (SSSR count). The van der Waals surface area contributed by atoms with Gasteiger partial charge in [-0.25, -0.2) is 13.2 Å². The van der Waals surface area contributed by atoms with Crippen LogP contribution in [0.15, 0.2) is 18.2 Å². The Morgan fingerprint density at radius 3 is 2.61 bits per heavy atom. The highest BCUT2D eigenvalue weighted by atomic mass is 19.3. The summed E-state index contributed by atoms with van der Waals surface area (Å²) in [5, 5.41) is 8.73. The molecule has 0 bridgehead atoms. The summed E-state index contributed by atoms with van der Waals surface area (Å²) in [6.45, 7) is -1.49. The zero-order chi connectivity index (χ0) is 13.7. The number of nitrogens with zero attached hydrogens (tertiary/aromatic N) is 1. The van der Waals surface area contributed by atoms with E-state index in [1.807, 2.05) is 0 Å². The summed E-state index contributed by atoms with van der Waals surface area (Å²) in [4.78, 5) is 12.7. The first-order chi connectivity index (χ1) is 8.45. The first-order valence-corrected chi connectivity index (χ1v) is 5.19. The number of alkyl halides is 2. The van der Waals surface area contributed by atoms with E-state index in [9.17, 15) is 18.0 Å². The lowest BCUT2D eigenvalue weighted by Crippen LogP contribution is -2.37. The number of aliphatic hydroxyl groups excluding tert-OH is 1. The van der Waals surface area contributed by atoms with Crippen LogP contribution in [0.3, 0.4) is 0 Å². The van der Waals surface area contributed by atoms with Crippen molar-refractivity contribution in [1.82, 2.24) is 4.90 Å². The van der Waals surface area contributed by atoms with Gasteiger partial charge in [-0.15, -0.1) is 0 Å². The minimum absolute atomic E-state index is 0.0644. The van der Waals surface area contributed by atoms with E-state index in [2.05, 4.69) is 0 Å². The highest BCUT2D eigenvalue weighted by Gasteiger charge is 2.21. The number of aliphatic hydroxyl groups is 1. The largest absolute Gasteiger partial charge is 0.398 e. The van der Waals surface area contributed by atoms with Gasteiger partial charge in [0, 0.05) is 12.2 Å². The van der Waals surface area contributed by atoms with Crippen LogP contribution < -0.4 is 5.73 Å². The molecule has 4 nitrogen and oxygen atoms in total. The van der Waals surface area contributed by atoms with Gasteiger partial charge < -0.3 is 15.7 Å². The molecule has 0 spiro atoms. The molecule has 0 aliphatic carbocycles. The summed E-state index contributed by atoms with van der Waals surface area (Å²) in [6.07, 6.45) is -2.72. The van der Waals surface area contributed by atoms with Gasteiger partial charge in [-0.3, -0.25) is 4.79 Å². The molecule has 0 unspecified atom stereocenters. The number of nitrogens with two attached hydrogens (primary N) is 1. The number of carbonyl (C=O) groups excluding carboxylic acids is 1. The van der Waals surface area contributed by atoms with Gasteiger partial charge in [-0.2, -0.15) is 0 Å². The summed E-state index contributed by atoms with van der Waals surface area (Å²) in [6, 6.07) is 3.08. The highest BCUT2D eigenvalue weighted by Crippen LogP contribution is 2.16. The van der Waals surface area contributed by atoms with E-state index in [0.29, 0.717) is 0 Å². The Morgan fingerprint density at radius 1 is 1.44 bits per heavy atom. The molecule has 1 aromatic carbocycles. The first-order valence-electron chi connectivity index (χ1n) is 5.19. The van der Waals surface area contributed by atoms with Crippen LogP contribution in [0.25, 0.3) is 0 Å². The summed E-state index contributed by atoms with van der Waals surface area (Å²) in [7, 11) is 0. The fourth-order valence-corrected chi connectivity index (χ4v) is 1.46. The number of anilines is 1. The van der Waals surface area contributed by atoms with Crippen molar-refractivity contribution in [2.75, 3.05) is 25.4 Å². The number of rotatable bonds is 5. The standard InChI is InChI=1S/C11H13F3N2O2/c12-7-1-2-8(9(15)5-7)11(18)16(3-4-17)6-10(13)14/h1-2,5,10,17H,3-4,6,15H2. The summed E-state index contributed by atoms with van der Waals surface area (Å²) in [5.41, 5.74) is 5.26. The first kappa shape index (κ1) is 14.3. The Bertz CT molecular complexity index is 427. The minimum Gasteiger partial charge on any atom is -0.398 e. The summed E-state index contributed by atoms with van der Waals surface area (Å²) in [5.74, 6) is -1.38. The molecule has 1 aromatic rings. The predicted molar refractivity (Wildman–Crippen MR) is 59.8 cm³/mol. The molecule has 0 radical (unpaired) electrons. The molecule has 0 aliphatic heterocycles. The van der Waals surface area contributed by atoms with E-state index in [0.717, 1.165) is 23.1 Å². The number of nitrogen functional groups attached to an aromatic ring is 1. The van der Waals surface area contributed by atoms with E-state index in [-0.39, 0.29) is 17.8 Å². The van der Waals surface area contributed by atoms with Crippen molar-refractivity contribution in [2.24, 2.45) is 0 Å². The summed E-state index contributed by atoms with van der Waals surface area (Å²) < 4.78 is 37.4. The number of carbonyl (C=O) groups is 1. The Balaban J connectivity index is 2.94. The third-order valence-corrected chi connectivity index (χ3v) is 2.26. The van der Waals surface area contributed by atoms with Crippen LogP contribution in [-0.4, -0.2) is 42.0 Å². The molecular weight excluding hydrogens is 249 g/mol. The Morgan fingerprint density at radius 2 is 2.11 bits per heavy atom. The SMILES string of the molecule is Nc1cc(F)ccc1C(=O)N(CCO)CC(F)F. The Kier molecular flexibility index (Phi) is 4.96. The molecule has 0 saturated carbocycles. The number of halogens is 3. The third kappa shape index (κ3) is 3.63. The predicted octanol–water partition coefficient (Wildman–Crippen LogP) is 1.11. The van der Waals surface area contributed by atoms with E-state index >= 15 is 0 Å². The van der Waals surface area contributed by atoms with Crippen LogP contribution in [-0.2, 0) is 0 Å². The van der Waals surface area contributed by atoms with Gasteiger partial charge in [0.1, 0.15) is 5.82 Å². The van der Waals surface area contributed by atoms with E-state index in [4.69, 9.17) is 10.8 Å². The van der Waals surface area contributed by atoms with Crippen molar-refractivity contribution in [3.8, 4) is 0 Å². The summed E-state index contributed by atoms with van der Waals surface area (Å²) >= 11 is 0. The van der Waals surface area contributed by atoms with Crippen LogP contribution in [0.1, 0.15) is 10.4 Å². The maximum absolute atomic E-state index is 12.8. The van der Waals surface area contributed by atoms with Crippen molar-refractivity contribution in [1.29, 1.82) is 0 Å². The normalized spacial score (nSPS) is 10.7. The molecule has 0 fully saturated rings. The molecule has 7 heteroatoms. The third-order valence-electron chi connectivity index (χ3n) is 2.26. The Hall–Kier alpha value is -1.76. The average molecular weight is 262 g/mol. The van der Waals surface area contributed by atoms with Crippen LogP contribution in [0, 0.1) is 5.82 Å². The van der Waals surface area contributed by atoms with Crippen molar-refractivity contribution in [3.05, 3.63) is 29.6 Å². The second kappa shape index (κ2) is 6.25. The van der Waals surface area contributed by atoms with Crippen molar-refractivity contribution in [2.45, 2.75) is 6.43 Å². The van der Waals surface area contributed by atoms with Crippen LogP contribution in [0.5, 0.6) is 0 Å². The zero-order valence-corrected chi connectivity index (χ0v) is 9.44. The van der Waals surface area contributed by atoms with Gasteiger partial charge in [-0.05, 0) is 18.2 Å². The van der Waals surface area contributed by atoms with Gasteiger partial charge in [-0.1, -0.05) is 0 Å². The highest BCUT2D eigenvalue weighted by molar-refractivity contribution is 5.99. The molecule has 18 heavy (non-hydrogen) atoms. The lowest BCUT2D eigenvalue weighted by atomic mass is 10.1. The smallest absolute Gasteiger partial charge is 0.256 e. The maximum Gasteiger partial charge on any atom is 0.256 e. The fourth-order valence-electron chi connectivity index (χ4n) is 1.46. The fraction of sp³-hybridized carbons (Fsp3) is 0.364. The lowest BCUT2D eigenvalue weighted by molar-refractivity contribution is 0.0510. The van der Waals surface area contributed by atoms with Crippen LogP contribution >= 0.6 is 0 Å². The van der Waals surface area contributed by atoms with Crippen LogP contribution in [0.4, 0.5) is 18.9 Å². The second-order valence-corrected chi connectivity index (χ2v) is 3.60. The molecule has 3 N–H and O–H groups in total. The van der Waals surface area contributed by atoms with Crippen molar-refractivity contribution < 1.29 is 23.1 Å². The van der Waals surface area contributed by atoms with Gasteiger partial charge in [0.15, 0.2) is 0 Å². The quantitative estimate of drug-likeness (QED) is 0.781. The van der Waals surface area contributed by atoms with E-state index in [1.54, 1.807) is 0 Å². The number of amides is 1. The number of benzene rings is 1. The number of hydrogen-bond donors (Lipinski definition) is 2. The molecule has 100 valence electrons. The molecular formula is C11H13F3N2O2. The molecule has 0 atom stereocenters. The molecule has 0 aliphatic rings. The van der Waals surface area contributed by atoms with Gasteiger partial charge >= 0.3 is 0 Å². The van der Waals surface area contributed by atoms with Gasteiger partial charge in [0.2, 0.25) is 0 Å². The second-order valence-electron chi connectivity index (χ2n) is 3.60. The van der Waals surface area contributed by atoms with E-state index < -0.39 is 31.3 Å². The average Bonchev–Trinajstić information content (AvgIpc) is 2.27. The van der Waals surface area contributed by atoms with Crippen LogP contribution in [0.2, 0.25) is 0 Å². The number of hydrogen-bond acceptors (Lipinski definition) is 3. The van der Waals surface area contributed by atoms with Gasteiger partial charge in [0.25, 0.3) is 12.3 Å². The maximum atomic E-state index is 12.8. The monoisotopic (exact) mass is 262 g/mol. The molecule has 0 heterocycles. The topological polar surface area (TPSA) is 66.6 Å².